The van der Waals surface area contributed by atoms with Crippen molar-refractivity contribution in [2.75, 3.05) is 7.11 Å². The molecule has 0 aliphatic rings. The Kier molecular flexibility index (Phi) is 5.78. The van der Waals surface area contributed by atoms with Crippen LogP contribution >= 0.6 is 0 Å². The highest BCUT2D eigenvalue weighted by Crippen LogP contribution is 2.31. The minimum absolute atomic E-state index is 0.218. The molecule has 2 N–H and O–H groups in total. The molecular formula is C19H18F3NO4. The van der Waals surface area contributed by atoms with Crippen LogP contribution in [0.1, 0.15) is 34.8 Å². The van der Waals surface area contributed by atoms with Crippen molar-refractivity contribution in [3.05, 3.63) is 65.2 Å². The molecule has 5 nitrogen and oxygen atoms in total. The zero-order valence-electron chi connectivity index (χ0n) is 14.6. The van der Waals surface area contributed by atoms with Crippen LogP contribution in [-0.2, 0) is 16.5 Å². The van der Waals surface area contributed by atoms with Crippen LogP contribution in [0.15, 0.2) is 48.5 Å². The molecule has 1 unspecified atom stereocenters. The summed E-state index contributed by atoms with van der Waals surface area (Å²) in [5.41, 5.74) is -2.09. The third-order valence-electron chi connectivity index (χ3n) is 4.05. The van der Waals surface area contributed by atoms with Crippen LogP contribution in [0.25, 0.3) is 0 Å². The molecule has 27 heavy (non-hydrogen) atoms. The van der Waals surface area contributed by atoms with Gasteiger partial charge in [-0.05, 0) is 42.8 Å². The number of carboxylic acid groups (broad SMARTS) is 1. The number of benzene rings is 2. The lowest BCUT2D eigenvalue weighted by Gasteiger charge is -2.30. The SMILES string of the molecule is COc1cccc(C(C)(CC(=O)O)NC(=O)c2cccc(C(F)(F)F)c2)c1. The monoisotopic (exact) mass is 381 g/mol. The quantitative estimate of drug-likeness (QED) is 0.797. The molecule has 0 radical (unpaired) electrons. The summed E-state index contributed by atoms with van der Waals surface area (Å²) in [6, 6.07) is 10.4. The number of hydrogen-bond acceptors (Lipinski definition) is 3. The zero-order chi connectivity index (χ0) is 20.2. The summed E-state index contributed by atoms with van der Waals surface area (Å²) in [6.45, 7) is 1.49. The lowest BCUT2D eigenvalue weighted by molar-refractivity contribution is -0.139. The molecule has 0 aliphatic carbocycles. The number of carboxylic acids is 1. The van der Waals surface area contributed by atoms with Gasteiger partial charge in [-0.15, -0.1) is 0 Å². The Hall–Kier alpha value is -3.03. The van der Waals surface area contributed by atoms with E-state index in [4.69, 9.17) is 4.74 Å². The van der Waals surface area contributed by atoms with Crippen molar-refractivity contribution >= 4 is 11.9 Å². The molecule has 0 aliphatic heterocycles. The van der Waals surface area contributed by atoms with E-state index < -0.39 is 35.6 Å². The van der Waals surface area contributed by atoms with E-state index in [-0.39, 0.29) is 5.56 Å². The van der Waals surface area contributed by atoms with Gasteiger partial charge in [0.2, 0.25) is 0 Å². The number of nitrogens with one attached hydrogen (secondary N) is 1. The number of amides is 1. The van der Waals surface area contributed by atoms with Crippen molar-refractivity contribution < 1.29 is 32.6 Å². The van der Waals surface area contributed by atoms with E-state index in [1.165, 1.54) is 20.1 Å². The maximum atomic E-state index is 12.9. The van der Waals surface area contributed by atoms with Gasteiger partial charge < -0.3 is 15.2 Å². The highest BCUT2D eigenvalue weighted by molar-refractivity contribution is 5.95. The van der Waals surface area contributed by atoms with E-state index in [0.29, 0.717) is 11.3 Å². The van der Waals surface area contributed by atoms with Gasteiger partial charge in [-0.2, -0.15) is 13.2 Å². The summed E-state index contributed by atoms with van der Waals surface area (Å²) in [5, 5.41) is 11.8. The predicted molar refractivity (Wildman–Crippen MR) is 91.5 cm³/mol. The third-order valence-corrected chi connectivity index (χ3v) is 4.05. The van der Waals surface area contributed by atoms with Crippen LogP contribution in [0.5, 0.6) is 5.75 Å². The van der Waals surface area contributed by atoms with Crippen LogP contribution in [0.2, 0.25) is 0 Å². The van der Waals surface area contributed by atoms with Crippen molar-refractivity contribution in [1.29, 1.82) is 0 Å². The van der Waals surface area contributed by atoms with Crippen molar-refractivity contribution in [3.63, 3.8) is 0 Å². The number of ether oxygens (including phenoxy) is 1. The molecule has 0 spiro atoms. The van der Waals surface area contributed by atoms with Crippen molar-refractivity contribution in [2.24, 2.45) is 0 Å². The molecule has 0 heterocycles. The molecule has 2 rings (SSSR count). The van der Waals surface area contributed by atoms with Gasteiger partial charge in [0.05, 0.1) is 24.6 Å². The number of carbonyl (C=O) groups excluding carboxylic acids is 1. The normalized spacial score (nSPS) is 13.5. The molecule has 2 aromatic carbocycles. The molecule has 0 fully saturated rings. The Morgan fingerprint density at radius 3 is 2.30 bits per heavy atom. The van der Waals surface area contributed by atoms with Gasteiger partial charge in [0.1, 0.15) is 5.75 Å². The minimum Gasteiger partial charge on any atom is -0.497 e. The van der Waals surface area contributed by atoms with E-state index in [1.807, 2.05) is 0 Å². The highest BCUT2D eigenvalue weighted by Gasteiger charge is 2.34. The molecule has 2 aromatic rings. The topological polar surface area (TPSA) is 75.6 Å². The third kappa shape index (κ3) is 4.99. The summed E-state index contributed by atoms with van der Waals surface area (Å²) < 4.78 is 43.7. The number of aliphatic carboxylic acids is 1. The van der Waals surface area contributed by atoms with Gasteiger partial charge in [0.25, 0.3) is 5.91 Å². The van der Waals surface area contributed by atoms with Crippen molar-refractivity contribution in [3.8, 4) is 5.75 Å². The second-order valence-electron chi connectivity index (χ2n) is 6.17. The summed E-state index contributed by atoms with van der Waals surface area (Å²) in [7, 11) is 1.44. The molecule has 0 aromatic heterocycles. The number of carbonyl (C=O) groups is 2. The maximum Gasteiger partial charge on any atom is 0.416 e. The van der Waals surface area contributed by atoms with Gasteiger partial charge in [0.15, 0.2) is 0 Å². The number of hydrogen-bond donors (Lipinski definition) is 2. The first-order chi connectivity index (χ1) is 12.5. The van der Waals surface area contributed by atoms with E-state index in [1.54, 1.807) is 24.3 Å². The predicted octanol–water partition coefficient (Wildman–Crippen LogP) is 3.83. The summed E-state index contributed by atoms with van der Waals surface area (Å²) in [4.78, 5) is 23.9. The molecule has 0 bridgehead atoms. The molecule has 0 saturated carbocycles. The number of alkyl halides is 3. The number of halogens is 3. The zero-order valence-corrected chi connectivity index (χ0v) is 14.6. The molecule has 0 saturated heterocycles. The van der Waals surface area contributed by atoms with E-state index in [2.05, 4.69) is 5.32 Å². The number of methoxy groups -OCH3 is 1. The van der Waals surface area contributed by atoms with Gasteiger partial charge in [-0.25, -0.2) is 0 Å². The molecule has 144 valence electrons. The average molecular weight is 381 g/mol. The Bertz CT molecular complexity index is 851. The molecule has 1 atom stereocenters. The first-order valence-electron chi connectivity index (χ1n) is 7.91. The average Bonchev–Trinajstić information content (AvgIpc) is 2.60. The standard InChI is InChI=1S/C19H18F3NO4/c1-18(11-16(24)25,13-6-4-8-15(10-13)27-2)23-17(26)12-5-3-7-14(9-12)19(20,21)22/h3-10H,11H2,1-2H3,(H,23,26)(H,24,25). The van der Waals surface area contributed by atoms with Crippen molar-refractivity contribution in [1.82, 2.24) is 5.32 Å². The summed E-state index contributed by atoms with van der Waals surface area (Å²) >= 11 is 0. The van der Waals surface area contributed by atoms with E-state index >= 15 is 0 Å². The second-order valence-corrected chi connectivity index (χ2v) is 6.17. The van der Waals surface area contributed by atoms with Crippen LogP contribution in [0.4, 0.5) is 13.2 Å². The minimum atomic E-state index is -4.59. The fourth-order valence-electron chi connectivity index (χ4n) is 2.65. The Balaban J connectivity index is 2.38. The fourth-order valence-corrected chi connectivity index (χ4v) is 2.65. The molecule has 8 heteroatoms. The van der Waals surface area contributed by atoms with Gasteiger partial charge in [-0.1, -0.05) is 18.2 Å². The Labute approximate surface area is 153 Å². The van der Waals surface area contributed by atoms with Gasteiger partial charge >= 0.3 is 12.1 Å². The maximum absolute atomic E-state index is 12.9. The fraction of sp³-hybridized carbons (Fsp3) is 0.263. The lowest BCUT2D eigenvalue weighted by atomic mass is 9.88. The Morgan fingerprint density at radius 1 is 1.07 bits per heavy atom. The lowest BCUT2D eigenvalue weighted by Crippen LogP contribution is -2.45. The van der Waals surface area contributed by atoms with Gasteiger partial charge in [0, 0.05) is 5.56 Å². The second kappa shape index (κ2) is 7.69. The summed E-state index contributed by atoms with van der Waals surface area (Å²) in [6.07, 6.45) is -5.06. The molecule has 1 amide bonds. The largest absolute Gasteiger partial charge is 0.497 e. The van der Waals surface area contributed by atoms with Crippen LogP contribution in [-0.4, -0.2) is 24.1 Å². The Morgan fingerprint density at radius 2 is 1.70 bits per heavy atom. The summed E-state index contributed by atoms with van der Waals surface area (Å²) in [5.74, 6) is -1.53. The number of rotatable bonds is 6. The van der Waals surface area contributed by atoms with Crippen LogP contribution in [0, 0.1) is 0 Å². The van der Waals surface area contributed by atoms with Crippen LogP contribution < -0.4 is 10.1 Å². The van der Waals surface area contributed by atoms with Crippen LogP contribution in [0.3, 0.4) is 0 Å². The first kappa shape index (κ1) is 20.3. The first-order valence-corrected chi connectivity index (χ1v) is 7.91. The van der Waals surface area contributed by atoms with Crippen molar-refractivity contribution in [2.45, 2.75) is 25.1 Å². The van der Waals surface area contributed by atoms with E-state index in [9.17, 15) is 27.9 Å². The molecular weight excluding hydrogens is 363 g/mol. The van der Waals surface area contributed by atoms with E-state index in [0.717, 1.165) is 18.2 Å². The highest BCUT2D eigenvalue weighted by atomic mass is 19.4. The smallest absolute Gasteiger partial charge is 0.416 e. The van der Waals surface area contributed by atoms with Gasteiger partial charge in [-0.3, -0.25) is 9.59 Å².